The summed E-state index contributed by atoms with van der Waals surface area (Å²) in [5.74, 6) is 0. The van der Waals surface area contributed by atoms with E-state index in [0.29, 0.717) is 31.8 Å². The lowest BCUT2D eigenvalue weighted by Gasteiger charge is -2.03. The molecule has 0 aliphatic carbocycles. The SMILES string of the molecule is c1ccc(C2COC(NC3=NCCO3)=N2)cc1. The molecule has 0 spiro atoms. The van der Waals surface area contributed by atoms with Crippen LogP contribution in [0.2, 0.25) is 0 Å². The molecule has 17 heavy (non-hydrogen) atoms. The lowest BCUT2D eigenvalue weighted by Crippen LogP contribution is -2.30. The number of hydrogen-bond acceptors (Lipinski definition) is 5. The molecule has 0 bridgehead atoms. The predicted molar refractivity (Wildman–Crippen MR) is 64.0 cm³/mol. The molecule has 2 aliphatic rings. The molecule has 0 radical (unpaired) electrons. The van der Waals surface area contributed by atoms with Gasteiger partial charge in [0.1, 0.15) is 19.3 Å². The van der Waals surface area contributed by atoms with Gasteiger partial charge in [-0.05, 0) is 5.56 Å². The number of aliphatic imine (C=N–C) groups is 2. The molecule has 0 amide bonds. The summed E-state index contributed by atoms with van der Waals surface area (Å²) in [7, 11) is 0. The summed E-state index contributed by atoms with van der Waals surface area (Å²) in [5, 5.41) is 2.93. The molecule has 1 aromatic carbocycles. The second-order valence-electron chi connectivity index (χ2n) is 3.83. The maximum Gasteiger partial charge on any atom is 0.293 e. The Morgan fingerprint density at radius 1 is 1.12 bits per heavy atom. The summed E-state index contributed by atoms with van der Waals surface area (Å²) in [6.45, 7) is 1.87. The molecule has 0 saturated heterocycles. The largest absolute Gasteiger partial charge is 0.463 e. The van der Waals surface area contributed by atoms with Crippen LogP contribution in [0.15, 0.2) is 40.3 Å². The van der Waals surface area contributed by atoms with Gasteiger partial charge in [0.2, 0.25) is 0 Å². The van der Waals surface area contributed by atoms with Crippen LogP contribution in [0.4, 0.5) is 0 Å². The van der Waals surface area contributed by atoms with Crippen LogP contribution in [0.1, 0.15) is 11.6 Å². The molecule has 5 heteroatoms. The molecule has 2 heterocycles. The fourth-order valence-electron chi connectivity index (χ4n) is 1.79. The van der Waals surface area contributed by atoms with Crippen molar-refractivity contribution >= 4 is 12.0 Å². The molecule has 1 atom stereocenters. The minimum Gasteiger partial charge on any atom is -0.463 e. The first-order valence-corrected chi connectivity index (χ1v) is 5.61. The Kier molecular flexibility index (Phi) is 2.65. The van der Waals surface area contributed by atoms with Gasteiger partial charge in [-0.15, -0.1) is 0 Å². The van der Waals surface area contributed by atoms with Crippen LogP contribution < -0.4 is 5.32 Å². The lowest BCUT2D eigenvalue weighted by molar-refractivity contribution is 0.301. The maximum atomic E-state index is 5.46. The highest BCUT2D eigenvalue weighted by Gasteiger charge is 2.22. The Bertz CT molecular complexity index is 456. The van der Waals surface area contributed by atoms with Gasteiger partial charge in [0.05, 0.1) is 6.54 Å². The summed E-state index contributed by atoms with van der Waals surface area (Å²) < 4.78 is 10.7. The Balaban J connectivity index is 1.68. The molecule has 0 fully saturated rings. The first-order chi connectivity index (χ1) is 8.42. The average Bonchev–Trinajstić information content (AvgIpc) is 3.02. The van der Waals surface area contributed by atoms with Gasteiger partial charge in [-0.3, -0.25) is 5.32 Å². The van der Waals surface area contributed by atoms with Crippen molar-refractivity contribution in [1.29, 1.82) is 0 Å². The highest BCUT2D eigenvalue weighted by molar-refractivity contribution is 5.94. The summed E-state index contributed by atoms with van der Waals surface area (Å²) in [6.07, 6.45) is 0. The third-order valence-corrected chi connectivity index (χ3v) is 2.63. The first kappa shape index (κ1) is 10.1. The Morgan fingerprint density at radius 2 is 2.00 bits per heavy atom. The van der Waals surface area contributed by atoms with Gasteiger partial charge in [-0.25, -0.2) is 9.98 Å². The number of amidine groups is 2. The van der Waals surface area contributed by atoms with Crippen LogP contribution in [0.5, 0.6) is 0 Å². The number of nitrogens with one attached hydrogen (secondary N) is 1. The number of benzene rings is 1. The number of rotatable bonds is 1. The zero-order valence-electron chi connectivity index (χ0n) is 9.30. The fraction of sp³-hybridized carbons (Fsp3) is 0.333. The van der Waals surface area contributed by atoms with E-state index in [2.05, 4.69) is 15.3 Å². The Hall–Kier alpha value is -2.04. The molecule has 2 aliphatic heterocycles. The second kappa shape index (κ2) is 4.45. The molecular formula is C12H13N3O2. The molecule has 0 aromatic heterocycles. The van der Waals surface area contributed by atoms with Gasteiger partial charge in [0, 0.05) is 0 Å². The molecule has 1 N–H and O–H groups in total. The van der Waals surface area contributed by atoms with E-state index in [9.17, 15) is 0 Å². The maximum absolute atomic E-state index is 5.46. The standard InChI is InChI=1S/C12H13N3O2/c1-2-4-9(5-3-1)10-8-17-12(14-10)15-11-13-6-7-16-11/h1-5,10H,6-8H2,(H,13,14,15). The van der Waals surface area contributed by atoms with Crippen LogP contribution in [-0.4, -0.2) is 31.8 Å². The van der Waals surface area contributed by atoms with Crippen molar-refractivity contribution < 1.29 is 9.47 Å². The molecule has 5 nitrogen and oxygen atoms in total. The topological polar surface area (TPSA) is 55.2 Å². The van der Waals surface area contributed by atoms with E-state index in [0.717, 1.165) is 5.56 Å². The molecular weight excluding hydrogens is 218 g/mol. The average molecular weight is 231 g/mol. The van der Waals surface area contributed by atoms with Crippen molar-refractivity contribution in [2.75, 3.05) is 19.8 Å². The van der Waals surface area contributed by atoms with Gasteiger partial charge >= 0.3 is 0 Å². The van der Waals surface area contributed by atoms with E-state index < -0.39 is 0 Å². The van der Waals surface area contributed by atoms with Crippen molar-refractivity contribution in [2.45, 2.75) is 6.04 Å². The van der Waals surface area contributed by atoms with Gasteiger partial charge < -0.3 is 9.47 Å². The molecule has 1 aromatic rings. The van der Waals surface area contributed by atoms with Crippen LogP contribution >= 0.6 is 0 Å². The van der Waals surface area contributed by atoms with Crippen LogP contribution in [0.3, 0.4) is 0 Å². The van der Waals surface area contributed by atoms with Crippen molar-refractivity contribution in [3.05, 3.63) is 35.9 Å². The van der Waals surface area contributed by atoms with Gasteiger partial charge in [0.15, 0.2) is 0 Å². The summed E-state index contributed by atoms with van der Waals surface area (Å²) >= 11 is 0. The number of nitrogens with zero attached hydrogens (tertiary/aromatic N) is 2. The van der Waals surface area contributed by atoms with E-state index in [-0.39, 0.29) is 6.04 Å². The number of hydrogen-bond donors (Lipinski definition) is 1. The van der Waals surface area contributed by atoms with Crippen LogP contribution in [0.25, 0.3) is 0 Å². The van der Waals surface area contributed by atoms with Crippen molar-refractivity contribution in [2.24, 2.45) is 9.98 Å². The molecule has 0 saturated carbocycles. The monoisotopic (exact) mass is 231 g/mol. The lowest BCUT2D eigenvalue weighted by atomic mass is 10.1. The van der Waals surface area contributed by atoms with Gasteiger partial charge in [0.25, 0.3) is 12.0 Å². The summed E-state index contributed by atoms with van der Waals surface area (Å²) in [4.78, 5) is 8.56. The van der Waals surface area contributed by atoms with E-state index in [1.165, 1.54) is 0 Å². The fourth-order valence-corrected chi connectivity index (χ4v) is 1.79. The summed E-state index contributed by atoms with van der Waals surface area (Å²) in [5.41, 5.74) is 1.15. The van der Waals surface area contributed by atoms with E-state index >= 15 is 0 Å². The predicted octanol–water partition coefficient (Wildman–Crippen LogP) is 1.09. The van der Waals surface area contributed by atoms with E-state index in [1.807, 2.05) is 30.3 Å². The smallest absolute Gasteiger partial charge is 0.293 e. The van der Waals surface area contributed by atoms with E-state index in [1.54, 1.807) is 0 Å². The quantitative estimate of drug-likeness (QED) is 0.787. The third-order valence-electron chi connectivity index (χ3n) is 2.63. The highest BCUT2D eigenvalue weighted by Crippen LogP contribution is 2.21. The van der Waals surface area contributed by atoms with Crippen molar-refractivity contribution in [3.63, 3.8) is 0 Å². The molecule has 1 unspecified atom stereocenters. The third kappa shape index (κ3) is 2.22. The molecule has 88 valence electrons. The zero-order chi connectivity index (χ0) is 11.5. The minimum atomic E-state index is 0.0562. The Labute approximate surface area is 99.2 Å². The second-order valence-corrected chi connectivity index (χ2v) is 3.83. The van der Waals surface area contributed by atoms with Crippen molar-refractivity contribution in [3.8, 4) is 0 Å². The highest BCUT2D eigenvalue weighted by atomic mass is 16.5. The summed E-state index contributed by atoms with van der Waals surface area (Å²) in [6, 6.07) is 11.1. The van der Waals surface area contributed by atoms with Crippen molar-refractivity contribution in [1.82, 2.24) is 5.32 Å². The normalized spacial score (nSPS) is 22.5. The number of ether oxygens (including phenoxy) is 2. The van der Waals surface area contributed by atoms with Crippen LogP contribution in [0, 0.1) is 0 Å². The first-order valence-electron chi connectivity index (χ1n) is 5.61. The van der Waals surface area contributed by atoms with Gasteiger partial charge in [-0.2, -0.15) is 0 Å². The Morgan fingerprint density at radius 3 is 2.76 bits per heavy atom. The minimum absolute atomic E-state index is 0.0562. The van der Waals surface area contributed by atoms with E-state index in [4.69, 9.17) is 9.47 Å². The van der Waals surface area contributed by atoms with Gasteiger partial charge in [-0.1, -0.05) is 30.3 Å². The zero-order valence-corrected chi connectivity index (χ0v) is 9.30. The molecule has 3 rings (SSSR count). The van der Waals surface area contributed by atoms with Crippen LogP contribution in [-0.2, 0) is 9.47 Å².